The van der Waals surface area contributed by atoms with E-state index in [1.54, 1.807) is 0 Å². The van der Waals surface area contributed by atoms with E-state index in [4.69, 9.17) is 14.2 Å². The SMILES string of the molecule is C=CC(=O)OC12C(=O)OC3C(C)C(OC31)C2C(F)(F)F. The summed E-state index contributed by atoms with van der Waals surface area (Å²) >= 11 is 0. The van der Waals surface area contributed by atoms with Crippen LogP contribution >= 0.6 is 0 Å². The molecule has 3 heterocycles. The Labute approximate surface area is 111 Å². The number of fused-ring (bicyclic) bond motifs is 1. The van der Waals surface area contributed by atoms with E-state index < -0.39 is 53.9 Å². The van der Waals surface area contributed by atoms with Crippen LogP contribution in [0.15, 0.2) is 12.7 Å². The molecule has 3 fully saturated rings. The van der Waals surface area contributed by atoms with Crippen LogP contribution in [-0.2, 0) is 23.8 Å². The topological polar surface area (TPSA) is 61.8 Å². The predicted octanol–water partition coefficient (Wildman–Crippen LogP) is 0.975. The molecule has 6 unspecified atom stereocenters. The van der Waals surface area contributed by atoms with E-state index in [9.17, 15) is 22.8 Å². The monoisotopic (exact) mass is 292 g/mol. The summed E-state index contributed by atoms with van der Waals surface area (Å²) in [5, 5.41) is 0. The summed E-state index contributed by atoms with van der Waals surface area (Å²) in [6.07, 6.45) is -7.33. The van der Waals surface area contributed by atoms with Crippen molar-refractivity contribution in [3.63, 3.8) is 0 Å². The minimum atomic E-state index is -4.75. The molecule has 3 saturated heterocycles. The Morgan fingerprint density at radius 1 is 1.45 bits per heavy atom. The Balaban J connectivity index is 2.10. The predicted molar refractivity (Wildman–Crippen MR) is 56.3 cm³/mol. The molecule has 3 rings (SSSR count). The molecular weight excluding hydrogens is 281 g/mol. The number of halogens is 3. The van der Waals surface area contributed by atoms with Crippen molar-refractivity contribution < 1.29 is 37.0 Å². The fourth-order valence-corrected chi connectivity index (χ4v) is 3.41. The number of rotatable bonds is 2. The van der Waals surface area contributed by atoms with Crippen molar-refractivity contribution in [1.29, 1.82) is 0 Å². The molecule has 3 aliphatic rings. The highest BCUT2D eigenvalue weighted by molar-refractivity contribution is 5.91. The number of ether oxygens (including phenoxy) is 3. The van der Waals surface area contributed by atoms with Gasteiger partial charge in [-0.25, -0.2) is 9.59 Å². The van der Waals surface area contributed by atoms with Gasteiger partial charge in [-0.3, -0.25) is 0 Å². The van der Waals surface area contributed by atoms with E-state index in [-0.39, 0.29) is 0 Å². The zero-order valence-corrected chi connectivity index (χ0v) is 10.3. The molecule has 0 aromatic rings. The first-order chi connectivity index (χ1) is 9.23. The van der Waals surface area contributed by atoms with Crippen LogP contribution in [0.1, 0.15) is 6.92 Å². The van der Waals surface area contributed by atoms with Gasteiger partial charge in [0.1, 0.15) is 18.1 Å². The summed E-state index contributed by atoms with van der Waals surface area (Å²) in [4.78, 5) is 23.3. The van der Waals surface area contributed by atoms with Crippen LogP contribution in [0.5, 0.6) is 0 Å². The van der Waals surface area contributed by atoms with E-state index in [2.05, 4.69) is 6.58 Å². The fourth-order valence-electron chi connectivity index (χ4n) is 3.41. The molecule has 0 saturated carbocycles. The maximum Gasteiger partial charge on any atom is 0.398 e. The van der Waals surface area contributed by atoms with Crippen molar-refractivity contribution >= 4 is 11.9 Å². The average Bonchev–Trinajstić information content (AvgIpc) is 2.89. The van der Waals surface area contributed by atoms with Gasteiger partial charge in [0.25, 0.3) is 5.60 Å². The van der Waals surface area contributed by atoms with Crippen molar-refractivity contribution in [2.75, 3.05) is 0 Å². The number of carbonyl (C=O) groups excluding carboxylic acids is 2. The van der Waals surface area contributed by atoms with Gasteiger partial charge in [0.05, 0.1) is 6.10 Å². The molecular formula is C12H11F3O5. The Kier molecular flexibility index (Phi) is 2.51. The van der Waals surface area contributed by atoms with Crippen LogP contribution in [0, 0.1) is 11.8 Å². The lowest BCUT2D eigenvalue weighted by Crippen LogP contribution is -2.60. The van der Waals surface area contributed by atoms with Crippen molar-refractivity contribution in [2.45, 2.75) is 37.0 Å². The van der Waals surface area contributed by atoms with Crippen LogP contribution in [-0.4, -0.2) is 42.0 Å². The molecule has 0 radical (unpaired) electrons. The van der Waals surface area contributed by atoms with Crippen LogP contribution in [0.25, 0.3) is 0 Å². The van der Waals surface area contributed by atoms with E-state index in [1.165, 1.54) is 6.92 Å². The zero-order chi connectivity index (χ0) is 14.9. The minimum Gasteiger partial charge on any atom is -0.456 e. The summed E-state index contributed by atoms with van der Waals surface area (Å²) in [6.45, 7) is 4.64. The number of esters is 2. The molecule has 5 nitrogen and oxygen atoms in total. The summed E-state index contributed by atoms with van der Waals surface area (Å²) < 4.78 is 54.9. The molecule has 20 heavy (non-hydrogen) atoms. The van der Waals surface area contributed by atoms with E-state index in [0.717, 1.165) is 0 Å². The van der Waals surface area contributed by atoms with Crippen LogP contribution in [0.4, 0.5) is 13.2 Å². The van der Waals surface area contributed by atoms with E-state index >= 15 is 0 Å². The Morgan fingerprint density at radius 2 is 2.10 bits per heavy atom. The van der Waals surface area contributed by atoms with Gasteiger partial charge in [-0.05, 0) is 0 Å². The van der Waals surface area contributed by atoms with Crippen molar-refractivity contribution in [3.05, 3.63) is 12.7 Å². The van der Waals surface area contributed by atoms with Crippen molar-refractivity contribution in [2.24, 2.45) is 11.8 Å². The number of alkyl halides is 3. The van der Waals surface area contributed by atoms with E-state index in [0.29, 0.717) is 6.08 Å². The molecule has 0 spiro atoms. The zero-order valence-electron chi connectivity index (χ0n) is 10.3. The smallest absolute Gasteiger partial charge is 0.398 e. The summed E-state index contributed by atoms with van der Waals surface area (Å²) in [7, 11) is 0. The van der Waals surface area contributed by atoms with Gasteiger partial charge in [-0.2, -0.15) is 13.2 Å². The normalized spacial score (nSPS) is 45.4. The lowest BCUT2D eigenvalue weighted by atomic mass is 9.71. The van der Waals surface area contributed by atoms with Gasteiger partial charge in [0.2, 0.25) is 0 Å². The quantitative estimate of drug-likeness (QED) is 0.561. The maximum atomic E-state index is 13.3. The third-order valence-corrected chi connectivity index (χ3v) is 4.20. The second kappa shape index (κ2) is 3.75. The van der Waals surface area contributed by atoms with Crippen LogP contribution < -0.4 is 0 Å². The summed E-state index contributed by atoms with van der Waals surface area (Å²) in [5.74, 6) is -5.13. The largest absolute Gasteiger partial charge is 0.456 e. The minimum absolute atomic E-state index is 0.603. The molecule has 0 aromatic heterocycles. The second-order valence-electron chi connectivity index (χ2n) is 5.19. The molecule has 0 aromatic carbocycles. The second-order valence-corrected chi connectivity index (χ2v) is 5.19. The fraction of sp³-hybridized carbons (Fsp3) is 0.667. The highest BCUT2D eigenvalue weighted by Gasteiger charge is 2.83. The lowest BCUT2D eigenvalue weighted by molar-refractivity contribution is -0.232. The van der Waals surface area contributed by atoms with Gasteiger partial charge in [0.15, 0.2) is 0 Å². The van der Waals surface area contributed by atoms with Gasteiger partial charge in [-0.1, -0.05) is 13.5 Å². The number of carbonyl (C=O) groups is 2. The van der Waals surface area contributed by atoms with Crippen molar-refractivity contribution in [3.8, 4) is 0 Å². The molecule has 0 aliphatic carbocycles. The highest BCUT2D eigenvalue weighted by Crippen LogP contribution is 2.60. The molecule has 3 aliphatic heterocycles. The van der Waals surface area contributed by atoms with Crippen LogP contribution in [0.3, 0.4) is 0 Å². The van der Waals surface area contributed by atoms with Gasteiger partial charge in [-0.15, -0.1) is 0 Å². The molecule has 110 valence electrons. The first kappa shape index (κ1) is 13.4. The maximum absolute atomic E-state index is 13.3. The number of hydrogen-bond donors (Lipinski definition) is 0. The van der Waals surface area contributed by atoms with Crippen molar-refractivity contribution in [1.82, 2.24) is 0 Å². The Hall–Kier alpha value is -1.57. The summed E-state index contributed by atoms with van der Waals surface area (Å²) in [5.41, 5.74) is -2.44. The Morgan fingerprint density at radius 3 is 2.65 bits per heavy atom. The molecule has 0 N–H and O–H groups in total. The molecule has 6 atom stereocenters. The highest BCUT2D eigenvalue weighted by atomic mass is 19.4. The first-order valence-corrected chi connectivity index (χ1v) is 6.02. The van der Waals surface area contributed by atoms with Gasteiger partial charge in [0, 0.05) is 12.0 Å². The van der Waals surface area contributed by atoms with Crippen LogP contribution in [0.2, 0.25) is 0 Å². The molecule has 8 heteroatoms. The first-order valence-electron chi connectivity index (χ1n) is 6.02. The third kappa shape index (κ3) is 1.37. The average molecular weight is 292 g/mol. The number of hydrogen-bond acceptors (Lipinski definition) is 5. The standard InChI is InChI=1S/C12H11F3O5/c1-3-5(16)20-11-8(12(13,14)15)6-4(2)7(9(11)18-6)19-10(11)17/h3-4,6-9H,1H2,2H3. The lowest BCUT2D eigenvalue weighted by Gasteiger charge is -2.35. The third-order valence-electron chi connectivity index (χ3n) is 4.20. The molecule has 2 bridgehead atoms. The van der Waals surface area contributed by atoms with Gasteiger partial charge < -0.3 is 14.2 Å². The molecule has 0 amide bonds. The van der Waals surface area contributed by atoms with Gasteiger partial charge >= 0.3 is 18.1 Å². The summed E-state index contributed by atoms with van der Waals surface area (Å²) in [6, 6.07) is 0. The van der Waals surface area contributed by atoms with E-state index in [1.807, 2.05) is 0 Å². The Bertz CT molecular complexity index is 502.